The molecule has 0 atom stereocenters. The van der Waals surface area contributed by atoms with Crippen LogP contribution in [0.25, 0.3) is 0 Å². The van der Waals surface area contributed by atoms with Crippen molar-refractivity contribution in [3.63, 3.8) is 0 Å². The minimum atomic E-state index is 0.863. The number of hydrogen-bond acceptors (Lipinski definition) is 3. The van der Waals surface area contributed by atoms with Gasteiger partial charge < -0.3 is 5.32 Å². The molecule has 0 bridgehead atoms. The molecule has 0 saturated heterocycles. The van der Waals surface area contributed by atoms with Crippen LogP contribution in [-0.4, -0.2) is 16.7 Å². The van der Waals surface area contributed by atoms with Crippen molar-refractivity contribution in [2.45, 2.75) is 26.2 Å². The van der Waals surface area contributed by atoms with Gasteiger partial charge in [-0.05, 0) is 37.3 Å². The molecule has 0 aromatic carbocycles. The summed E-state index contributed by atoms with van der Waals surface area (Å²) in [5, 5.41) is 11.2. The monoisotopic (exact) mass is 177 g/mol. The number of nitrogens with zero attached hydrogens (tertiary/aromatic N) is 2. The van der Waals surface area contributed by atoms with E-state index >= 15 is 0 Å². The van der Waals surface area contributed by atoms with Gasteiger partial charge in [0.2, 0.25) is 0 Å². The molecule has 2 rings (SSSR count). The van der Waals surface area contributed by atoms with E-state index in [4.69, 9.17) is 0 Å². The second-order valence-electron chi connectivity index (χ2n) is 3.80. The van der Waals surface area contributed by atoms with Gasteiger partial charge >= 0.3 is 0 Å². The Morgan fingerprint density at radius 3 is 3.00 bits per heavy atom. The van der Waals surface area contributed by atoms with Gasteiger partial charge in [-0.2, -0.15) is 5.10 Å². The van der Waals surface area contributed by atoms with Gasteiger partial charge in [-0.1, -0.05) is 6.42 Å². The van der Waals surface area contributed by atoms with E-state index in [-0.39, 0.29) is 0 Å². The second-order valence-corrected chi connectivity index (χ2v) is 3.80. The van der Waals surface area contributed by atoms with Crippen LogP contribution in [0.2, 0.25) is 0 Å². The van der Waals surface area contributed by atoms with Crippen LogP contribution in [0.4, 0.5) is 5.82 Å². The Labute approximate surface area is 78.6 Å². The van der Waals surface area contributed by atoms with Gasteiger partial charge in [-0.3, -0.25) is 0 Å². The molecule has 1 aromatic rings. The van der Waals surface area contributed by atoms with E-state index in [9.17, 15) is 0 Å². The van der Waals surface area contributed by atoms with Crippen LogP contribution in [0.1, 0.15) is 24.8 Å². The molecule has 0 spiro atoms. The summed E-state index contributed by atoms with van der Waals surface area (Å²) in [4.78, 5) is 0. The van der Waals surface area contributed by atoms with Gasteiger partial charge in [0.15, 0.2) is 0 Å². The first-order valence-electron chi connectivity index (χ1n) is 4.88. The van der Waals surface area contributed by atoms with Gasteiger partial charge in [-0.15, -0.1) is 5.10 Å². The molecule has 1 fully saturated rings. The molecule has 1 aromatic heterocycles. The molecule has 0 unspecified atom stereocenters. The molecule has 1 aliphatic carbocycles. The first-order chi connectivity index (χ1) is 6.34. The molecule has 0 aliphatic heterocycles. The van der Waals surface area contributed by atoms with Crippen molar-refractivity contribution < 1.29 is 0 Å². The van der Waals surface area contributed by atoms with Crippen molar-refractivity contribution in [3.05, 3.63) is 17.8 Å². The standard InChI is InChI=1S/C10H15N3/c1-8-5-10(13-12-6-8)11-7-9-3-2-4-9/h5-6,9H,2-4,7H2,1H3,(H,11,13). The Hall–Kier alpha value is -1.12. The van der Waals surface area contributed by atoms with Crippen LogP contribution in [0.3, 0.4) is 0 Å². The van der Waals surface area contributed by atoms with Crippen LogP contribution >= 0.6 is 0 Å². The lowest BCUT2D eigenvalue weighted by atomic mass is 9.85. The molecule has 3 heteroatoms. The fraction of sp³-hybridized carbons (Fsp3) is 0.600. The Morgan fingerprint density at radius 1 is 1.54 bits per heavy atom. The summed E-state index contributed by atoms with van der Waals surface area (Å²) in [7, 11) is 0. The predicted octanol–water partition coefficient (Wildman–Crippen LogP) is 2.00. The van der Waals surface area contributed by atoms with Crippen molar-refractivity contribution >= 4 is 5.82 Å². The lowest BCUT2D eigenvalue weighted by Crippen LogP contribution is -2.21. The highest BCUT2D eigenvalue weighted by atomic mass is 15.2. The number of anilines is 1. The normalized spacial score (nSPS) is 16.7. The quantitative estimate of drug-likeness (QED) is 0.767. The zero-order chi connectivity index (χ0) is 9.10. The Kier molecular flexibility index (Phi) is 2.43. The number of nitrogens with one attached hydrogen (secondary N) is 1. The van der Waals surface area contributed by atoms with Crippen LogP contribution in [0.5, 0.6) is 0 Å². The van der Waals surface area contributed by atoms with E-state index in [2.05, 4.69) is 15.5 Å². The van der Waals surface area contributed by atoms with E-state index in [1.54, 1.807) is 6.20 Å². The second kappa shape index (κ2) is 3.73. The van der Waals surface area contributed by atoms with Crippen LogP contribution in [-0.2, 0) is 0 Å². The first-order valence-corrected chi connectivity index (χ1v) is 4.88. The highest BCUT2D eigenvalue weighted by Gasteiger charge is 2.16. The van der Waals surface area contributed by atoms with Crippen molar-refractivity contribution in [3.8, 4) is 0 Å². The van der Waals surface area contributed by atoms with Crippen LogP contribution in [0.15, 0.2) is 12.3 Å². The number of hydrogen-bond donors (Lipinski definition) is 1. The molecule has 0 amide bonds. The van der Waals surface area contributed by atoms with Crippen LogP contribution < -0.4 is 5.32 Å². The molecule has 13 heavy (non-hydrogen) atoms. The summed E-state index contributed by atoms with van der Waals surface area (Å²) in [6.45, 7) is 3.08. The third-order valence-electron chi connectivity index (χ3n) is 2.59. The summed E-state index contributed by atoms with van der Waals surface area (Å²) in [5.41, 5.74) is 1.16. The molecule has 70 valence electrons. The molecule has 1 aliphatic rings. The lowest BCUT2D eigenvalue weighted by molar-refractivity contribution is 0.333. The molecule has 3 nitrogen and oxygen atoms in total. The largest absolute Gasteiger partial charge is 0.368 e. The Bertz CT molecular complexity index is 281. The van der Waals surface area contributed by atoms with Crippen molar-refractivity contribution in [2.75, 3.05) is 11.9 Å². The minimum absolute atomic E-state index is 0.863. The topological polar surface area (TPSA) is 37.8 Å². The fourth-order valence-corrected chi connectivity index (χ4v) is 1.50. The fourth-order valence-electron chi connectivity index (χ4n) is 1.50. The van der Waals surface area contributed by atoms with E-state index < -0.39 is 0 Å². The number of rotatable bonds is 3. The average Bonchev–Trinajstić information content (AvgIpc) is 2.01. The van der Waals surface area contributed by atoms with Crippen molar-refractivity contribution in [2.24, 2.45) is 5.92 Å². The Balaban J connectivity index is 1.86. The first kappa shape index (κ1) is 8.48. The molecule has 0 radical (unpaired) electrons. The molecule has 1 heterocycles. The van der Waals surface area contributed by atoms with E-state index in [1.807, 2.05) is 13.0 Å². The van der Waals surface area contributed by atoms with Crippen LogP contribution in [0, 0.1) is 12.8 Å². The third-order valence-corrected chi connectivity index (χ3v) is 2.59. The summed E-state index contributed by atoms with van der Waals surface area (Å²) in [6.07, 6.45) is 5.90. The number of aromatic nitrogens is 2. The molecule has 1 N–H and O–H groups in total. The van der Waals surface area contributed by atoms with Crippen molar-refractivity contribution in [1.82, 2.24) is 10.2 Å². The molecular formula is C10H15N3. The number of aryl methyl sites for hydroxylation is 1. The maximum absolute atomic E-state index is 4.01. The highest BCUT2D eigenvalue weighted by Crippen LogP contribution is 2.26. The zero-order valence-corrected chi connectivity index (χ0v) is 7.95. The van der Waals surface area contributed by atoms with E-state index in [0.29, 0.717) is 0 Å². The Morgan fingerprint density at radius 2 is 2.38 bits per heavy atom. The molecule has 1 saturated carbocycles. The summed E-state index contributed by atoms with van der Waals surface area (Å²) in [6, 6.07) is 2.03. The van der Waals surface area contributed by atoms with Crippen molar-refractivity contribution in [1.29, 1.82) is 0 Å². The maximum atomic E-state index is 4.01. The SMILES string of the molecule is Cc1cnnc(NCC2CCC2)c1. The highest BCUT2D eigenvalue weighted by molar-refractivity contribution is 5.34. The van der Waals surface area contributed by atoms with E-state index in [1.165, 1.54) is 19.3 Å². The van der Waals surface area contributed by atoms with Gasteiger partial charge in [0.05, 0.1) is 6.20 Å². The summed E-state index contributed by atoms with van der Waals surface area (Å²) < 4.78 is 0. The smallest absolute Gasteiger partial charge is 0.148 e. The summed E-state index contributed by atoms with van der Waals surface area (Å²) >= 11 is 0. The van der Waals surface area contributed by atoms with Gasteiger partial charge in [0.25, 0.3) is 0 Å². The van der Waals surface area contributed by atoms with Gasteiger partial charge in [0, 0.05) is 6.54 Å². The summed E-state index contributed by atoms with van der Waals surface area (Å²) in [5.74, 6) is 1.77. The zero-order valence-electron chi connectivity index (χ0n) is 7.95. The van der Waals surface area contributed by atoms with Gasteiger partial charge in [0.1, 0.15) is 5.82 Å². The van der Waals surface area contributed by atoms with E-state index in [0.717, 1.165) is 23.8 Å². The minimum Gasteiger partial charge on any atom is -0.368 e. The lowest BCUT2D eigenvalue weighted by Gasteiger charge is -2.25. The third kappa shape index (κ3) is 2.17. The molecular weight excluding hydrogens is 162 g/mol. The van der Waals surface area contributed by atoms with Gasteiger partial charge in [-0.25, -0.2) is 0 Å². The maximum Gasteiger partial charge on any atom is 0.148 e. The average molecular weight is 177 g/mol. The predicted molar refractivity (Wildman–Crippen MR) is 52.6 cm³/mol.